The van der Waals surface area contributed by atoms with Gasteiger partial charge in [-0.3, -0.25) is 0 Å². The van der Waals surface area contributed by atoms with Crippen molar-refractivity contribution in [3.8, 4) is 0 Å². The van der Waals surface area contributed by atoms with Crippen molar-refractivity contribution < 1.29 is 0 Å². The number of rotatable bonds is 2. The Morgan fingerprint density at radius 3 is 2.60 bits per heavy atom. The van der Waals surface area contributed by atoms with Crippen LogP contribution in [0.1, 0.15) is 22.3 Å². The molecular formula is C13H18N2. The van der Waals surface area contributed by atoms with Crippen molar-refractivity contribution in [1.29, 1.82) is 0 Å². The molecule has 0 atom stereocenters. The number of nitrogens with two attached hydrogens (primary N) is 1. The molecule has 0 radical (unpaired) electrons. The van der Waals surface area contributed by atoms with Crippen LogP contribution in [0.25, 0.3) is 10.9 Å². The summed E-state index contributed by atoms with van der Waals surface area (Å²) in [4.78, 5) is 3.35. The van der Waals surface area contributed by atoms with Gasteiger partial charge in [0.2, 0.25) is 0 Å². The monoisotopic (exact) mass is 202 g/mol. The molecule has 15 heavy (non-hydrogen) atoms. The fraction of sp³-hybridized carbons (Fsp3) is 0.385. The number of hydrogen-bond acceptors (Lipinski definition) is 1. The van der Waals surface area contributed by atoms with E-state index in [2.05, 4.69) is 38.0 Å². The SMILES string of the molecule is Cc1cc(C)c2[nH]cc(CCN)c2c1C. The zero-order chi connectivity index (χ0) is 11.0. The summed E-state index contributed by atoms with van der Waals surface area (Å²) in [5, 5.41) is 1.37. The lowest BCUT2D eigenvalue weighted by atomic mass is 9.98. The minimum absolute atomic E-state index is 0.708. The summed E-state index contributed by atoms with van der Waals surface area (Å²) in [6.07, 6.45) is 3.04. The zero-order valence-electron chi connectivity index (χ0n) is 9.65. The first-order valence-electron chi connectivity index (χ1n) is 5.42. The Morgan fingerprint density at radius 2 is 1.93 bits per heavy atom. The predicted octanol–water partition coefficient (Wildman–Crippen LogP) is 2.59. The molecule has 0 saturated carbocycles. The summed E-state index contributed by atoms with van der Waals surface area (Å²) in [6.45, 7) is 7.21. The number of nitrogens with one attached hydrogen (secondary N) is 1. The van der Waals surface area contributed by atoms with Gasteiger partial charge < -0.3 is 10.7 Å². The molecule has 2 nitrogen and oxygen atoms in total. The standard InChI is InChI=1S/C13H18N2/c1-8-6-9(2)13-12(10(8)3)11(4-5-14)7-15-13/h6-7,15H,4-5,14H2,1-3H3. The molecule has 0 aliphatic rings. The van der Waals surface area contributed by atoms with Gasteiger partial charge in [-0.05, 0) is 56.0 Å². The second kappa shape index (κ2) is 3.70. The Bertz CT molecular complexity index is 495. The maximum atomic E-state index is 5.62. The van der Waals surface area contributed by atoms with Crippen LogP contribution in [0.3, 0.4) is 0 Å². The molecule has 0 amide bonds. The van der Waals surface area contributed by atoms with Crippen molar-refractivity contribution in [2.24, 2.45) is 5.73 Å². The van der Waals surface area contributed by atoms with Crippen LogP contribution in [0.4, 0.5) is 0 Å². The largest absolute Gasteiger partial charge is 0.361 e. The molecule has 2 heteroatoms. The molecule has 0 unspecified atom stereocenters. The van der Waals surface area contributed by atoms with Gasteiger partial charge in [0.05, 0.1) is 0 Å². The van der Waals surface area contributed by atoms with Crippen molar-refractivity contribution in [2.75, 3.05) is 6.54 Å². The second-order valence-corrected chi connectivity index (χ2v) is 4.24. The van der Waals surface area contributed by atoms with Gasteiger partial charge >= 0.3 is 0 Å². The molecule has 0 bridgehead atoms. The van der Waals surface area contributed by atoms with Gasteiger partial charge in [-0.2, -0.15) is 0 Å². The zero-order valence-corrected chi connectivity index (χ0v) is 9.65. The summed E-state index contributed by atoms with van der Waals surface area (Å²) < 4.78 is 0. The lowest BCUT2D eigenvalue weighted by Crippen LogP contribution is -2.02. The molecule has 1 aromatic heterocycles. The van der Waals surface area contributed by atoms with Gasteiger partial charge in [0.25, 0.3) is 0 Å². The number of hydrogen-bond donors (Lipinski definition) is 2. The number of benzene rings is 1. The lowest BCUT2D eigenvalue weighted by molar-refractivity contribution is 0.975. The minimum atomic E-state index is 0.708. The highest BCUT2D eigenvalue weighted by Gasteiger charge is 2.09. The molecule has 2 rings (SSSR count). The molecule has 80 valence electrons. The van der Waals surface area contributed by atoms with Crippen molar-refractivity contribution in [3.63, 3.8) is 0 Å². The Balaban J connectivity index is 2.77. The second-order valence-electron chi connectivity index (χ2n) is 4.24. The first kappa shape index (κ1) is 10.2. The van der Waals surface area contributed by atoms with E-state index in [1.807, 2.05) is 0 Å². The van der Waals surface area contributed by atoms with Gasteiger partial charge in [0, 0.05) is 17.1 Å². The molecule has 0 fully saturated rings. The van der Waals surface area contributed by atoms with Crippen LogP contribution >= 0.6 is 0 Å². The van der Waals surface area contributed by atoms with Crippen molar-refractivity contribution in [1.82, 2.24) is 4.98 Å². The quantitative estimate of drug-likeness (QED) is 0.772. The lowest BCUT2D eigenvalue weighted by Gasteiger charge is -2.07. The average molecular weight is 202 g/mol. The summed E-state index contributed by atoms with van der Waals surface area (Å²) >= 11 is 0. The van der Waals surface area contributed by atoms with Crippen LogP contribution in [0, 0.1) is 20.8 Å². The van der Waals surface area contributed by atoms with E-state index in [0.29, 0.717) is 6.54 Å². The summed E-state index contributed by atoms with van der Waals surface area (Å²) in [7, 11) is 0. The van der Waals surface area contributed by atoms with Crippen molar-refractivity contribution >= 4 is 10.9 Å². The molecule has 0 aliphatic carbocycles. The van der Waals surface area contributed by atoms with Crippen LogP contribution in [-0.4, -0.2) is 11.5 Å². The van der Waals surface area contributed by atoms with Crippen LogP contribution in [0.15, 0.2) is 12.3 Å². The first-order valence-corrected chi connectivity index (χ1v) is 5.42. The van der Waals surface area contributed by atoms with E-state index in [1.54, 1.807) is 0 Å². The van der Waals surface area contributed by atoms with E-state index in [-0.39, 0.29) is 0 Å². The van der Waals surface area contributed by atoms with E-state index >= 15 is 0 Å². The maximum absolute atomic E-state index is 5.62. The van der Waals surface area contributed by atoms with Crippen LogP contribution in [0.5, 0.6) is 0 Å². The summed E-state index contributed by atoms with van der Waals surface area (Å²) in [5.74, 6) is 0. The van der Waals surface area contributed by atoms with Crippen molar-refractivity contribution in [2.45, 2.75) is 27.2 Å². The first-order chi connectivity index (χ1) is 7.15. The van der Waals surface area contributed by atoms with E-state index in [0.717, 1.165) is 6.42 Å². The topological polar surface area (TPSA) is 41.8 Å². The Kier molecular flexibility index (Phi) is 2.53. The molecule has 0 spiro atoms. The third-order valence-corrected chi connectivity index (χ3v) is 3.17. The Hall–Kier alpha value is -1.28. The molecule has 0 saturated heterocycles. The number of aromatic amines is 1. The summed E-state index contributed by atoms with van der Waals surface area (Å²) in [5.41, 5.74) is 12.3. The van der Waals surface area contributed by atoms with Crippen molar-refractivity contribution in [3.05, 3.63) is 34.5 Å². The maximum Gasteiger partial charge on any atom is 0.0489 e. The van der Waals surface area contributed by atoms with E-state index in [9.17, 15) is 0 Å². The number of aryl methyl sites for hydroxylation is 3. The van der Waals surface area contributed by atoms with E-state index in [4.69, 9.17) is 5.73 Å². The predicted molar refractivity (Wildman–Crippen MR) is 65.3 cm³/mol. The van der Waals surface area contributed by atoms with Gasteiger partial charge in [-0.1, -0.05) is 6.07 Å². The van der Waals surface area contributed by atoms with Gasteiger partial charge in [-0.25, -0.2) is 0 Å². The number of H-pyrrole nitrogens is 1. The van der Waals surface area contributed by atoms with Gasteiger partial charge in [0.15, 0.2) is 0 Å². The minimum Gasteiger partial charge on any atom is -0.361 e. The smallest absolute Gasteiger partial charge is 0.0489 e. The van der Waals surface area contributed by atoms with Crippen LogP contribution < -0.4 is 5.73 Å². The highest BCUT2D eigenvalue weighted by Crippen LogP contribution is 2.27. The molecule has 2 aromatic rings. The number of fused-ring (bicyclic) bond motifs is 1. The highest BCUT2D eigenvalue weighted by molar-refractivity contribution is 5.90. The fourth-order valence-electron chi connectivity index (χ4n) is 2.26. The third kappa shape index (κ3) is 1.55. The van der Waals surface area contributed by atoms with Gasteiger partial charge in [-0.15, -0.1) is 0 Å². The summed E-state index contributed by atoms with van der Waals surface area (Å²) in [6, 6.07) is 2.24. The van der Waals surface area contributed by atoms with Crippen LogP contribution in [0.2, 0.25) is 0 Å². The molecule has 1 heterocycles. The molecule has 1 aromatic carbocycles. The normalized spacial score (nSPS) is 11.2. The molecular weight excluding hydrogens is 184 g/mol. The average Bonchev–Trinajstić information content (AvgIpc) is 2.60. The van der Waals surface area contributed by atoms with Gasteiger partial charge in [0.1, 0.15) is 0 Å². The fourth-order valence-corrected chi connectivity index (χ4v) is 2.26. The number of aromatic nitrogens is 1. The highest BCUT2D eigenvalue weighted by atomic mass is 14.7. The Morgan fingerprint density at radius 1 is 1.20 bits per heavy atom. The Labute approximate surface area is 90.5 Å². The van der Waals surface area contributed by atoms with E-state index < -0.39 is 0 Å². The molecule has 3 N–H and O–H groups in total. The molecule has 0 aliphatic heterocycles. The third-order valence-electron chi connectivity index (χ3n) is 3.17. The van der Waals surface area contributed by atoms with E-state index in [1.165, 1.54) is 33.2 Å². The van der Waals surface area contributed by atoms with Crippen LogP contribution in [-0.2, 0) is 6.42 Å².